The summed E-state index contributed by atoms with van der Waals surface area (Å²) in [6, 6.07) is 21.8. The third-order valence-electron chi connectivity index (χ3n) is 10.6. The van der Waals surface area contributed by atoms with Crippen LogP contribution in [-0.4, -0.2) is 123 Å². The molecule has 4 aromatic carbocycles. The maximum absolute atomic E-state index is 14.7. The van der Waals surface area contributed by atoms with Gasteiger partial charge in [0.15, 0.2) is 5.78 Å². The molecule has 12 nitrogen and oxygen atoms in total. The highest BCUT2D eigenvalue weighted by Gasteiger charge is 2.29. The third-order valence-corrected chi connectivity index (χ3v) is 11.1. The maximum atomic E-state index is 14.7. The van der Waals surface area contributed by atoms with Crippen molar-refractivity contribution in [2.75, 3.05) is 88.9 Å². The number of ether oxygens (including phenoxy) is 1. The fourth-order valence-corrected chi connectivity index (χ4v) is 7.11. The highest BCUT2D eigenvalue weighted by Crippen LogP contribution is 2.26. The van der Waals surface area contributed by atoms with E-state index in [4.69, 9.17) is 28.9 Å². The van der Waals surface area contributed by atoms with E-state index >= 15 is 0 Å². The summed E-state index contributed by atoms with van der Waals surface area (Å²) in [5, 5.41) is 1.11. The van der Waals surface area contributed by atoms with Crippen molar-refractivity contribution in [2.45, 2.75) is 26.9 Å². The van der Waals surface area contributed by atoms with Crippen LogP contribution in [0.5, 0.6) is 0 Å². The number of anilines is 2. The van der Waals surface area contributed by atoms with Crippen LogP contribution in [0.15, 0.2) is 84.9 Å². The Hall–Kier alpha value is -5.12. The molecule has 2 aliphatic rings. The molecule has 4 aromatic rings. The lowest BCUT2D eigenvalue weighted by molar-refractivity contribution is 0.0600. The minimum atomic E-state index is -0.611. The number of likely N-dealkylation sites (N-methyl/N-ethyl adjacent to an activating group) is 2. The molecular weight excluding hydrogens is 815 g/mol. The van der Waals surface area contributed by atoms with Crippen molar-refractivity contribution in [3.63, 3.8) is 0 Å². The van der Waals surface area contributed by atoms with E-state index in [2.05, 4.69) is 28.4 Å². The first-order chi connectivity index (χ1) is 28.8. The SMILES string of the molecule is CCN1CCN(C(=O)N(Cc2ccc(C(=O)CN)cc2F)c2ccc(Cl)cc2)CC1.CCN1CCN(C(=O)N(Cc2ccc(C(=O)OC)cc2F)c2ccc(Cl)cc2)CC1. The summed E-state index contributed by atoms with van der Waals surface area (Å²) in [5.74, 6) is -2.06. The Morgan fingerprint density at radius 1 is 0.617 bits per heavy atom. The van der Waals surface area contributed by atoms with Gasteiger partial charge in [0.05, 0.1) is 32.3 Å². The number of carbonyl (C=O) groups is 4. The minimum absolute atomic E-state index is 0.0295. The Balaban J connectivity index is 0.000000228. The van der Waals surface area contributed by atoms with Crippen LogP contribution in [0.3, 0.4) is 0 Å². The molecule has 2 aliphatic heterocycles. The number of methoxy groups -OCH3 is 1. The molecule has 2 heterocycles. The van der Waals surface area contributed by atoms with Crippen molar-refractivity contribution in [3.05, 3.63) is 129 Å². The van der Waals surface area contributed by atoms with Gasteiger partial charge in [-0.2, -0.15) is 0 Å². The van der Waals surface area contributed by atoms with Gasteiger partial charge in [0.2, 0.25) is 0 Å². The van der Waals surface area contributed by atoms with Crippen LogP contribution >= 0.6 is 23.2 Å². The van der Waals surface area contributed by atoms with E-state index in [9.17, 15) is 28.0 Å². The average Bonchev–Trinajstić information content (AvgIpc) is 3.28. The molecule has 0 bridgehead atoms. The molecule has 0 aliphatic carbocycles. The maximum Gasteiger partial charge on any atom is 0.337 e. The van der Waals surface area contributed by atoms with Gasteiger partial charge in [0.25, 0.3) is 0 Å². The van der Waals surface area contributed by atoms with Gasteiger partial charge in [0, 0.05) is 90.5 Å². The summed E-state index contributed by atoms with van der Waals surface area (Å²) in [6.45, 7) is 11.6. The summed E-state index contributed by atoms with van der Waals surface area (Å²) in [7, 11) is 1.24. The average molecular weight is 867 g/mol. The predicted molar refractivity (Wildman–Crippen MR) is 231 cm³/mol. The molecule has 0 atom stereocenters. The number of amides is 4. The van der Waals surface area contributed by atoms with E-state index in [0.29, 0.717) is 58.7 Å². The number of nitrogens with zero attached hydrogens (tertiary/aromatic N) is 6. The van der Waals surface area contributed by atoms with Crippen LogP contribution < -0.4 is 15.5 Å². The van der Waals surface area contributed by atoms with Crippen molar-refractivity contribution in [3.8, 4) is 0 Å². The summed E-state index contributed by atoms with van der Waals surface area (Å²) in [4.78, 5) is 61.2. The summed E-state index contributed by atoms with van der Waals surface area (Å²) in [6.07, 6.45) is 0. The fourth-order valence-electron chi connectivity index (χ4n) is 6.86. The van der Waals surface area contributed by atoms with Crippen molar-refractivity contribution < 1.29 is 32.7 Å². The number of hydrogen-bond acceptors (Lipinski definition) is 8. The zero-order valence-electron chi connectivity index (χ0n) is 34.1. The number of urea groups is 2. The van der Waals surface area contributed by atoms with Gasteiger partial charge in [-0.25, -0.2) is 23.2 Å². The molecule has 0 radical (unpaired) electrons. The molecule has 320 valence electrons. The van der Waals surface area contributed by atoms with Gasteiger partial charge in [-0.15, -0.1) is 0 Å². The number of carbonyl (C=O) groups excluding carboxylic acids is 4. The first-order valence-electron chi connectivity index (χ1n) is 19.8. The van der Waals surface area contributed by atoms with Crippen molar-refractivity contribution in [1.29, 1.82) is 0 Å². The predicted octanol–water partition coefficient (Wildman–Crippen LogP) is 7.41. The molecule has 4 amide bonds. The first-order valence-corrected chi connectivity index (χ1v) is 20.6. The normalized spacial score (nSPS) is 14.5. The molecule has 60 heavy (non-hydrogen) atoms. The van der Waals surface area contributed by atoms with E-state index in [1.54, 1.807) is 63.2 Å². The Morgan fingerprint density at radius 2 is 1.00 bits per heavy atom. The third kappa shape index (κ3) is 12.0. The Labute approximate surface area is 359 Å². The lowest BCUT2D eigenvalue weighted by atomic mass is 10.1. The number of esters is 1. The van der Waals surface area contributed by atoms with E-state index in [1.165, 1.54) is 42.3 Å². The number of benzene rings is 4. The van der Waals surface area contributed by atoms with Crippen molar-refractivity contribution in [1.82, 2.24) is 19.6 Å². The molecular formula is C44H51Cl2F2N7O5. The smallest absolute Gasteiger partial charge is 0.337 e. The topological polar surface area (TPSA) is 123 Å². The quantitative estimate of drug-likeness (QED) is 0.122. The number of rotatable bonds is 11. The van der Waals surface area contributed by atoms with Crippen LogP contribution in [-0.2, 0) is 17.8 Å². The fraction of sp³-hybridized carbons (Fsp3) is 0.364. The molecule has 2 saturated heterocycles. The second-order valence-electron chi connectivity index (χ2n) is 14.3. The largest absolute Gasteiger partial charge is 0.465 e. The second-order valence-corrected chi connectivity index (χ2v) is 15.1. The number of piperazine rings is 2. The highest BCUT2D eigenvalue weighted by atomic mass is 35.5. The Morgan fingerprint density at radius 3 is 1.35 bits per heavy atom. The molecule has 0 aromatic heterocycles. The molecule has 2 fully saturated rings. The van der Waals surface area contributed by atoms with Gasteiger partial charge in [-0.1, -0.05) is 55.2 Å². The summed E-state index contributed by atoms with van der Waals surface area (Å²) in [5.41, 5.74) is 7.58. The van der Waals surface area contributed by atoms with Crippen LogP contribution in [0, 0.1) is 11.6 Å². The van der Waals surface area contributed by atoms with Gasteiger partial charge in [-0.05, 0) is 79.8 Å². The summed E-state index contributed by atoms with van der Waals surface area (Å²) < 4.78 is 34.1. The van der Waals surface area contributed by atoms with Crippen molar-refractivity contribution >= 4 is 58.4 Å². The Kier molecular flexibility index (Phi) is 16.8. The van der Waals surface area contributed by atoms with E-state index < -0.39 is 17.6 Å². The Bertz CT molecular complexity index is 1950. The minimum Gasteiger partial charge on any atom is -0.465 e. The standard InChI is InChI=1S/C22H26ClFN4O2.C22H25ClFN3O3/c1-2-26-9-11-27(12-10-26)22(30)28(19-7-5-18(23)6-8-19)15-17-4-3-16(13-20(17)24)21(29)14-25;1-3-25-10-12-26(13-11-25)22(29)27(19-8-6-18(23)7-9-19)15-17-5-4-16(14-20(17)24)21(28)30-2/h3-8,13H,2,9-12,14-15,25H2,1H3;4-9,14H,3,10-13,15H2,1-2H3. The molecule has 0 spiro atoms. The molecule has 6 rings (SSSR count). The monoisotopic (exact) mass is 865 g/mol. The van der Waals surface area contributed by atoms with Crippen LogP contribution in [0.2, 0.25) is 10.0 Å². The van der Waals surface area contributed by atoms with E-state index in [-0.39, 0.29) is 48.6 Å². The number of nitrogens with two attached hydrogens (primary N) is 1. The molecule has 16 heteroatoms. The van der Waals surface area contributed by atoms with Crippen LogP contribution in [0.1, 0.15) is 45.7 Å². The van der Waals surface area contributed by atoms with E-state index in [0.717, 1.165) is 45.3 Å². The van der Waals surface area contributed by atoms with Crippen LogP contribution in [0.25, 0.3) is 0 Å². The lowest BCUT2D eigenvalue weighted by Crippen LogP contribution is -2.52. The molecule has 0 unspecified atom stereocenters. The number of Topliss-reactive ketones (excluding diaryl/α,β-unsaturated/α-hetero) is 1. The second kappa shape index (κ2) is 21.9. The lowest BCUT2D eigenvalue weighted by Gasteiger charge is -2.37. The first kappa shape index (κ1) is 46.0. The van der Waals surface area contributed by atoms with E-state index in [1.807, 2.05) is 0 Å². The van der Waals surface area contributed by atoms with Crippen LogP contribution in [0.4, 0.5) is 29.7 Å². The summed E-state index contributed by atoms with van der Waals surface area (Å²) >= 11 is 12.0. The zero-order valence-corrected chi connectivity index (χ0v) is 35.6. The van der Waals surface area contributed by atoms with Gasteiger partial charge in [-0.3, -0.25) is 14.6 Å². The number of hydrogen-bond donors (Lipinski definition) is 1. The van der Waals surface area contributed by atoms with Crippen molar-refractivity contribution in [2.24, 2.45) is 5.73 Å². The molecule has 2 N–H and O–H groups in total. The number of ketones is 1. The number of halogens is 4. The molecule has 0 saturated carbocycles. The zero-order chi connectivity index (χ0) is 43.3. The van der Waals surface area contributed by atoms with Gasteiger partial charge in [0.1, 0.15) is 11.6 Å². The van der Waals surface area contributed by atoms with Gasteiger partial charge < -0.3 is 30.1 Å². The highest BCUT2D eigenvalue weighted by molar-refractivity contribution is 6.31. The van der Waals surface area contributed by atoms with Gasteiger partial charge >= 0.3 is 18.0 Å².